The molecule has 2 rings (SSSR count). The molecule has 1 heterocycles. The Hall–Kier alpha value is -1.88. The minimum absolute atomic E-state index is 0.0596. The first kappa shape index (κ1) is 12.6. The molecule has 0 spiro atoms. The Labute approximate surface area is 106 Å². The van der Waals surface area contributed by atoms with Crippen LogP contribution in [0, 0.1) is 5.92 Å². The minimum atomic E-state index is -0.455. The van der Waals surface area contributed by atoms with Crippen molar-refractivity contribution in [3.63, 3.8) is 0 Å². The van der Waals surface area contributed by atoms with E-state index in [2.05, 4.69) is 10.6 Å². The van der Waals surface area contributed by atoms with Gasteiger partial charge in [-0.25, -0.2) is 0 Å². The summed E-state index contributed by atoms with van der Waals surface area (Å²) in [5.41, 5.74) is 6.55. The topological polar surface area (TPSA) is 84.2 Å². The molecule has 1 unspecified atom stereocenters. The zero-order valence-electron chi connectivity index (χ0n) is 10.1. The molecule has 0 aromatic heterocycles. The quantitative estimate of drug-likeness (QED) is 0.701. The van der Waals surface area contributed by atoms with Crippen molar-refractivity contribution in [1.82, 2.24) is 10.6 Å². The molecule has 18 heavy (non-hydrogen) atoms. The highest BCUT2D eigenvalue weighted by Gasteiger charge is 2.21. The maximum absolute atomic E-state index is 11.8. The van der Waals surface area contributed by atoms with Crippen molar-refractivity contribution in [2.45, 2.75) is 13.0 Å². The first-order valence-electron chi connectivity index (χ1n) is 6.04. The summed E-state index contributed by atoms with van der Waals surface area (Å²) in [6.45, 7) is 2.07. The van der Waals surface area contributed by atoms with Gasteiger partial charge in [-0.05, 0) is 30.7 Å². The van der Waals surface area contributed by atoms with Crippen LogP contribution >= 0.6 is 0 Å². The number of hydrogen-bond acceptors (Lipinski definition) is 3. The number of amides is 2. The molecule has 0 saturated carbocycles. The van der Waals surface area contributed by atoms with Crippen molar-refractivity contribution >= 4 is 11.8 Å². The van der Waals surface area contributed by atoms with E-state index in [9.17, 15) is 9.59 Å². The lowest BCUT2D eigenvalue weighted by Gasteiger charge is -2.10. The monoisotopic (exact) mass is 247 g/mol. The van der Waals surface area contributed by atoms with Crippen molar-refractivity contribution in [3.05, 3.63) is 35.4 Å². The van der Waals surface area contributed by atoms with Gasteiger partial charge in [0.2, 0.25) is 11.8 Å². The van der Waals surface area contributed by atoms with E-state index in [-0.39, 0.29) is 11.8 Å². The summed E-state index contributed by atoms with van der Waals surface area (Å²) in [5, 5.41) is 6.03. The molecule has 96 valence electrons. The third kappa shape index (κ3) is 3.07. The smallest absolute Gasteiger partial charge is 0.248 e. The molecule has 0 aliphatic carbocycles. The third-order valence-corrected chi connectivity index (χ3v) is 3.11. The van der Waals surface area contributed by atoms with Gasteiger partial charge in [0.05, 0.1) is 5.92 Å². The Balaban J connectivity index is 1.91. The van der Waals surface area contributed by atoms with Crippen LogP contribution < -0.4 is 16.4 Å². The fourth-order valence-electron chi connectivity index (χ4n) is 2.05. The summed E-state index contributed by atoms with van der Waals surface area (Å²) >= 11 is 0. The first-order valence-corrected chi connectivity index (χ1v) is 6.04. The molecule has 1 fully saturated rings. The fourth-order valence-corrected chi connectivity index (χ4v) is 2.05. The van der Waals surface area contributed by atoms with E-state index in [0.717, 1.165) is 25.1 Å². The third-order valence-electron chi connectivity index (χ3n) is 3.11. The van der Waals surface area contributed by atoms with Gasteiger partial charge in [0.25, 0.3) is 0 Å². The minimum Gasteiger partial charge on any atom is -0.366 e. The Morgan fingerprint density at radius 2 is 2.28 bits per heavy atom. The molecule has 5 nitrogen and oxygen atoms in total. The van der Waals surface area contributed by atoms with Gasteiger partial charge in [-0.1, -0.05) is 12.1 Å². The van der Waals surface area contributed by atoms with E-state index in [1.807, 2.05) is 6.07 Å². The number of carbonyl (C=O) groups is 2. The SMILES string of the molecule is NC(=O)c1cccc(CNC(=O)C2CCNC2)c1. The van der Waals surface area contributed by atoms with Crippen LogP contribution in [0.1, 0.15) is 22.3 Å². The van der Waals surface area contributed by atoms with E-state index < -0.39 is 5.91 Å². The molecule has 1 aliphatic rings. The van der Waals surface area contributed by atoms with E-state index in [0.29, 0.717) is 12.1 Å². The average molecular weight is 247 g/mol. The molecule has 0 bridgehead atoms. The Bertz CT molecular complexity index is 453. The van der Waals surface area contributed by atoms with E-state index in [4.69, 9.17) is 5.73 Å². The largest absolute Gasteiger partial charge is 0.366 e. The van der Waals surface area contributed by atoms with Gasteiger partial charge in [0, 0.05) is 18.7 Å². The van der Waals surface area contributed by atoms with Crippen LogP contribution in [-0.4, -0.2) is 24.9 Å². The van der Waals surface area contributed by atoms with Crippen LogP contribution in [0.3, 0.4) is 0 Å². The van der Waals surface area contributed by atoms with Gasteiger partial charge < -0.3 is 16.4 Å². The predicted octanol–water partition coefficient (Wildman–Crippen LogP) is 0.0112. The zero-order valence-corrected chi connectivity index (χ0v) is 10.1. The van der Waals surface area contributed by atoms with Crippen molar-refractivity contribution in [2.75, 3.05) is 13.1 Å². The lowest BCUT2D eigenvalue weighted by molar-refractivity contribution is -0.124. The van der Waals surface area contributed by atoms with Gasteiger partial charge >= 0.3 is 0 Å². The summed E-state index contributed by atoms with van der Waals surface area (Å²) in [6.07, 6.45) is 0.882. The molecule has 1 aromatic rings. The second kappa shape index (κ2) is 5.64. The number of carbonyl (C=O) groups excluding carboxylic acids is 2. The molecule has 1 aliphatic heterocycles. The standard InChI is InChI=1S/C13H17N3O2/c14-12(17)10-3-1-2-9(6-10)7-16-13(18)11-4-5-15-8-11/h1-3,6,11,15H,4-5,7-8H2,(H2,14,17)(H,16,18). The molecule has 5 heteroatoms. The maximum Gasteiger partial charge on any atom is 0.248 e. The van der Waals surface area contributed by atoms with Gasteiger partial charge in [0.15, 0.2) is 0 Å². The van der Waals surface area contributed by atoms with E-state index in [1.54, 1.807) is 18.2 Å². The lowest BCUT2D eigenvalue weighted by Crippen LogP contribution is -2.31. The number of nitrogens with two attached hydrogens (primary N) is 1. The average Bonchev–Trinajstić information content (AvgIpc) is 2.90. The lowest BCUT2D eigenvalue weighted by atomic mass is 10.1. The predicted molar refractivity (Wildman–Crippen MR) is 67.8 cm³/mol. The molecule has 1 aromatic carbocycles. The summed E-state index contributed by atoms with van der Waals surface area (Å²) < 4.78 is 0. The number of rotatable bonds is 4. The van der Waals surface area contributed by atoms with Crippen LogP contribution in [-0.2, 0) is 11.3 Å². The molecule has 1 atom stereocenters. The first-order chi connectivity index (χ1) is 8.66. The van der Waals surface area contributed by atoms with E-state index >= 15 is 0 Å². The van der Waals surface area contributed by atoms with E-state index in [1.165, 1.54) is 0 Å². The number of primary amides is 1. The number of hydrogen-bond donors (Lipinski definition) is 3. The van der Waals surface area contributed by atoms with Crippen LogP contribution in [0.25, 0.3) is 0 Å². The molecule has 1 saturated heterocycles. The van der Waals surface area contributed by atoms with Crippen LogP contribution in [0.5, 0.6) is 0 Å². The van der Waals surface area contributed by atoms with Crippen molar-refractivity contribution in [3.8, 4) is 0 Å². The molecular formula is C13H17N3O2. The van der Waals surface area contributed by atoms with Gasteiger partial charge in [0.1, 0.15) is 0 Å². The fraction of sp³-hybridized carbons (Fsp3) is 0.385. The Kier molecular flexibility index (Phi) is 3.94. The second-order valence-electron chi connectivity index (χ2n) is 4.47. The van der Waals surface area contributed by atoms with Gasteiger partial charge in [-0.3, -0.25) is 9.59 Å². The number of nitrogens with one attached hydrogen (secondary N) is 2. The number of benzene rings is 1. The molecular weight excluding hydrogens is 230 g/mol. The normalized spacial score (nSPS) is 18.6. The Morgan fingerprint density at radius 1 is 1.44 bits per heavy atom. The highest BCUT2D eigenvalue weighted by Crippen LogP contribution is 2.08. The van der Waals surface area contributed by atoms with Crippen LogP contribution in [0.4, 0.5) is 0 Å². The van der Waals surface area contributed by atoms with Gasteiger partial charge in [-0.2, -0.15) is 0 Å². The highest BCUT2D eigenvalue weighted by molar-refractivity contribution is 5.92. The van der Waals surface area contributed by atoms with Crippen molar-refractivity contribution in [2.24, 2.45) is 11.7 Å². The summed E-state index contributed by atoms with van der Waals surface area (Å²) in [7, 11) is 0. The Morgan fingerprint density at radius 3 is 2.94 bits per heavy atom. The van der Waals surface area contributed by atoms with Crippen LogP contribution in [0.15, 0.2) is 24.3 Å². The summed E-state index contributed by atoms with van der Waals surface area (Å²) in [6, 6.07) is 6.99. The maximum atomic E-state index is 11.8. The molecule has 4 N–H and O–H groups in total. The molecule has 2 amide bonds. The summed E-state index contributed by atoms with van der Waals surface area (Å²) in [5.74, 6) is -0.336. The second-order valence-corrected chi connectivity index (χ2v) is 4.47. The zero-order chi connectivity index (χ0) is 13.0. The van der Waals surface area contributed by atoms with Gasteiger partial charge in [-0.15, -0.1) is 0 Å². The van der Waals surface area contributed by atoms with Crippen LogP contribution in [0.2, 0.25) is 0 Å². The molecule has 0 radical (unpaired) electrons. The van der Waals surface area contributed by atoms with Crippen molar-refractivity contribution < 1.29 is 9.59 Å². The van der Waals surface area contributed by atoms with Crippen molar-refractivity contribution in [1.29, 1.82) is 0 Å². The summed E-state index contributed by atoms with van der Waals surface area (Å²) in [4.78, 5) is 22.8. The highest BCUT2D eigenvalue weighted by atomic mass is 16.2.